The number of nitrogens with one attached hydrogen (secondary N) is 2. The second kappa shape index (κ2) is 8.76. The van der Waals surface area contributed by atoms with E-state index in [1.54, 1.807) is 17.3 Å². The number of aromatic amines is 1. The molecule has 11 heteroatoms. The van der Waals surface area contributed by atoms with Crippen LogP contribution in [0.3, 0.4) is 0 Å². The first kappa shape index (κ1) is 23.5. The second-order valence-corrected chi connectivity index (χ2v) is 11.8. The number of benzene rings is 1. The van der Waals surface area contributed by atoms with Crippen LogP contribution < -0.4 is 4.72 Å². The van der Waals surface area contributed by atoms with Gasteiger partial charge in [-0.3, -0.25) is 14.5 Å². The van der Waals surface area contributed by atoms with E-state index in [0.29, 0.717) is 6.42 Å². The molecule has 3 heterocycles. The minimum absolute atomic E-state index is 0.138. The summed E-state index contributed by atoms with van der Waals surface area (Å²) in [6.45, 7) is 0.741. The zero-order chi connectivity index (χ0) is 24.1. The van der Waals surface area contributed by atoms with Gasteiger partial charge in [-0.15, -0.1) is 11.3 Å². The zero-order valence-corrected chi connectivity index (χ0v) is 21.0. The first-order valence-electron chi connectivity index (χ1n) is 10.8. The Morgan fingerprint density at radius 2 is 2.21 bits per heavy atom. The van der Waals surface area contributed by atoms with Gasteiger partial charge in [-0.05, 0) is 67.9 Å². The third-order valence-electron chi connectivity index (χ3n) is 6.85. The Balaban J connectivity index is 1.59. The molecule has 2 aromatic heterocycles. The van der Waals surface area contributed by atoms with E-state index >= 15 is 4.39 Å². The number of aromatic nitrogens is 2. The molecule has 0 bridgehead atoms. The number of nitrogens with zero attached hydrogens (tertiary/aromatic N) is 3. The summed E-state index contributed by atoms with van der Waals surface area (Å²) in [5.41, 5.74) is 3.58. The summed E-state index contributed by atoms with van der Waals surface area (Å²) < 4.78 is 45.9. The average molecular weight is 522 g/mol. The van der Waals surface area contributed by atoms with Crippen LogP contribution in [0.1, 0.15) is 18.0 Å². The maximum Gasteiger partial charge on any atom is 0.260 e. The molecule has 0 amide bonds. The van der Waals surface area contributed by atoms with Crippen molar-refractivity contribution in [3.63, 3.8) is 0 Å². The van der Waals surface area contributed by atoms with E-state index < -0.39 is 21.1 Å². The maximum absolute atomic E-state index is 15.8. The Morgan fingerprint density at radius 3 is 2.97 bits per heavy atom. The molecular formula is C23H25ClFN5O2S2. The van der Waals surface area contributed by atoms with Gasteiger partial charge in [0, 0.05) is 34.7 Å². The van der Waals surface area contributed by atoms with E-state index in [1.807, 2.05) is 31.4 Å². The molecule has 1 aromatic carbocycles. The van der Waals surface area contributed by atoms with Gasteiger partial charge in [-0.25, -0.2) is 17.8 Å². The number of alkyl halides is 1. The fraction of sp³-hybridized carbons (Fsp3) is 0.348. The monoisotopic (exact) mass is 521 g/mol. The summed E-state index contributed by atoms with van der Waals surface area (Å²) >= 11 is 7.55. The minimum Gasteiger partial charge on any atom is -0.361 e. The van der Waals surface area contributed by atoms with Crippen LogP contribution in [0.4, 0.5) is 10.2 Å². The van der Waals surface area contributed by atoms with Crippen LogP contribution in [0.25, 0.3) is 10.9 Å². The maximum atomic E-state index is 15.8. The molecular weight excluding hydrogens is 497 g/mol. The molecule has 0 saturated carbocycles. The first-order valence-corrected chi connectivity index (χ1v) is 13.6. The molecule has 2 N–H and O–H groups in total. The van der Waals surface area contributed by atoms with Crippen molar-refractivity contribution >= 4 is 49.7 Å². The topological polar surface area (TPSA) is 81.3 Å². The zero-order valence-electron chi connectivity index (χ0n) is 18.7. The van der Waals surface area contributed by atoms with Crippen LogP contribution in [-0.4, -0.2) is 65.9 Å². The van der Waals surface area contributed by atoms with Crippen LogP contribution in [0.5, 0.6) is 0 Å². The van der Waals surface area contributed by atoms with Crippen molar-refractivity contribution in [2.45, 2.75) is 29.5 Å². The first-order chi connectivity index (χ1) is 16.2. The van der Waals surface area contributed by atoms with Crippen molar-refractivity contribution < 1.29 is 12.8 Å². The Kier molecular flexibility index (Phi) is 6.06. The lowest BCUT2D eigenvalue weighted by Crippen LogP contribution is -2.63. The lowest BCUT2D eigenvalue weighted by molar-refractivity contribution is 0.0920. The molecule has 180 valence electrons. The number of allylic oxidation sites excluding steroid dienone is 2. The van der Waals surface area contributed by atoms with E-state index in [9.17, 15) is 8.42 Å². The number of fused-ring (bicyclic) bond motifs is 1. The third kappa shape index (κ3) is 3.77. The summed E-state index contributed by atoms with van der Waals surface area (Å²) in [5.74, 6) is 0.155. The van der Waals surface area contributed by atoms with Crippen molar-refractivity contribution in [2.24, 2.45) is 0 Å². The number of sulfonamides is 1. The van der Waals surface area contributed by atoms with Gasteiger partial charge in [0.1, 0.15) is 0 Å². The second-order valence-electron chi connectivity index (χ2n) is 8.74. The van der Waals surface area contributed by atoms with Crippen molar-refractivity contribution in [3.05, 3.63) is 70.2 Å². The number of H-pyrrole nitrogens is 1. The highest BCUT2D eigenvalue weighted by atomic mass is 35.5. The molecule has 1 fully saturated rings. The number of likely N-dealkylation sites (tertiary alicyclic amines) is 1. The molecule has 1 saturated heterocycles. The van der Waals surface area contributed by atoms with Crippen molar-refractivity contribution in [1.29, 1.82) is 0 Å². The largest absolute Gasteiger partial charge is 0.361 e. The number of likely N-dealkylation sites (N-methyl/N-ethyl adjacent to an activating group) is 2. The van der Waals surface area contributed by atoms with Gasteiger partial charge >= 0.3 is 0 Å². The highest BCUT2D eigenvalue weighted by Crippen LogP contribution is 2.44. The van der Waals surface area contributed by atoms with E-state index in [0.717, 1.165) is 23.0 Å². The third-order valence-corrected chi connectivity index (χ3v) is 9.64. The van der Waals surface area contributed by atoms with Crippen LogP contribution >= 0.6 is 22.9 Å². The van der Waals surface area contributed by atoms with E-state index in [1.165, 1.54) is 35.1 Å². The Morgan fingerprint density at radius 1 is 1.38 bits per heavy atom. The van der Waals surface area contributed by atoms with E-state index in [2.05, 4.69) is 25.7 Å². The molecule has 2 aliphatic rings. The normalized spacial score (nSPS) is 28.0. The smallest absolute Gasteiger partial charge is 0.260 e. The highest BCUT2D eigenvalue weighted by Gasteiger charge is 2.57. The Hall–Kier alpha value is -2.24. The molecule has 4 atom stereocenters. The lowest BCUT2D eigenvalue weighted by atomic mass is 9.94. The molecule has 0 spiro atoms. The van der Waals surface area contributed by atoms with Crippen molar-refractivity contribution in [3.8, 4) is 0 Å². The number of anilines is 1. The number of rotatable bonds is 6. The molecule has 3 aromatic rings. The van der Waals surface area contributed by atoms with Gasteiger partial charge < -0.3 is 4.98 Å². The van der Waals surface area contributed by atoms with Gasteiger partial charge in [-0.1, -0.05) is 17.7 Å². The number of hydrogen-bond donors (Lipinski definition) is 2. The summed E-state index contributed by atoms with van der Waals surface area (Å²) in [6.07, 6.45) is 4.62. The van der Waals surface area contributed by atoms with E-state index in [4.69, 9.17) is 11.6 Å². The van der Waals surface area contributed by atoms with Gasteiger partial charge in [-0.2, -0.15) is 0 Å². The fourth-order valence-corrected chi connectivity index (χ4v) is 7.74. The molecule has 4 unspecified atom stereocenters. The standard InChI is InChI=1S/C23H25ClFN5O2S2/c1-29-10-8-19(22(29)16-3-5-18-15(11-16)7-9-26-18)30(2)23(12-17(24)4-6-20(23)25)34(31,32)28-21-13-33-14-27-21/h3-7,9,11-14,19-20,22,26,28H,8,10H2,1-2H3. The predicted octanol–water partition coefficient (Wildman–Crippen LogP) is 4.47. The summed E-state index contributed by atoms with van der Waals surface area (Å²) in [5, 5.41) is 2.81. The minimum atomic E-state index is -4.33. The summed E-state index contributed by atoms with van der Waals surface area (Å²) in [4.78, 5) is 8.99. The molecule has 5 rings (SSSR count). The molecule has 1 aliphatic carbocycles. The molecule has 34 heavy (non-hydrogen) atoms. The Labute approximate surface area is 207 Å². The summed E-state index contributed by atoms with van der Waals surface area (Å²) in [7, 11) is -0.656. The fourth-order valence-electron chi connectivity index (χ4n) is 5.16. The lowest BCUT2D eigenvalue weighted by Gasteiger charge is -2.46. The SMILES string of the molecule is CN1CCC(N(C)C2(S(=O)(=O)Nc3cscn3)C=C(Cl)C=CC2F)C1c1ccc2[nH]ccc2c1. The van der Waals surface area contributed by atoms with Gasteiger partial charge in [0.2, 0.25) is 0 Å². The van der Waals surface area contributed by atoms with Gasteiger partial charge in [0.25, 0.3) is 10.0 Å². The van der Waals surface area contributed by atoms with Crippen molar-refractivity contribution in [1.82, 2.24) is 19.8 Å². The average Bonchev–Trinajstić information content (AvgIpc) is 3.55. The van der Waals surface area contributed by atoms with Crippen molar-refractivity contribution in [2.75, 3.05) is 25.4 Å². The number of halogens is 2. The van der Waals surface area contributed by atoms with Crippen LogP contribution in [0.15, 0.2) is 64.6 Å². The quantitative estimate of drug-likeness (QED) is 0.500. The molecule has 0 radical (unpaired) electrons. The Bertz CT molecular complexity index is 1360. The summed E-state index contributed by atoms with van der Waals surface area (Å²) in [6, 6.07) is 7.73. The highest BCUT2D eigenvalue weighted by molar-refractivity contribution is 7.94. The number of hydrogen-bond acceptors (Lipinski definition) is 6. The van der Waals surface area contributed by atoms with Crippen LogP contribution in [-0.2, 0) is 10.0 Å². The predicted molar refractivity (Wildman–Crippen MR) is 135 cm³/mol. The van der Waals surface area contributed by atoms with Gasteiger partial charge in [0.05, 0.1) is 11.6 Å². The van der Waals surface area contributed by atoms with Crippen LogP contribution in [0.2, 0.25) is 0 Å². The van der Waals surface area contributed by atoms with E-state index in [-0.39, 0.29) is 22.9 Å². The van der Waals surface area contributed by atoms with Gasteiger partial charge in [0.15, 0.2) is 16.9 Å². The molecule has 7 nitrogen and oxygen atoms in total. The van der Waals surface area contributed by atoms with Crippen LogP contribution in [0, 0.1) is 0 Å². The number of thiazole rings is 1. The molecule has 1 aliphatic heterocycles.